The summed E-state index contributed by atoms with van der Waals surface area (Å²) in [5.74, 6) is 2.90. The van der Waals surface area contributed by atoms with Crippen LogP contribution in [0.25, 0.3) is 0 Å². The van der Waals surface area contributed by atoms with Crippen molar-refractivity contribution in [3.05, 3.63) is 23.7 Å². The second-order valence-electron chi connectivity index (χ2n) is 7.94. The number of guanidine groups is 1. The first-order chi connectivity index (χ1) is 14.7. The van der Waals surface area contributed by atoms with Crippen molar-refractivity contribution in [3.63, 3.8) is 0 Å². The van der Waals surface area contributed by atoms with Gasteiger partial charge in [-0.1, -0.05) is 0 Å². The van der Waals surface area contributed by atoms with Crippen molar-refractivity contribution in [2.45, 2.75) is 38.3 Å². The standard InChI is InChI=1S/C22H38N4O4/c1-18-5-6-21(30-18)20(25-11-15-28-16-12-25)17-24-22(23-2)26-9-7-19(8-10-26)29-14-4-13-27-3/h5-6,19-20H,4,7-17H2,1-3H3,(H,23,24). The second kappa shape index (κ2) is 12.3. The molecule has 0 saturated carbocycles. The number of ether oxygens (including phenoxy) is 3. The molecule has 2 fully saturated rings. The van der Waals surface area contributed by atoms with Gasteiger partial charge >= 0.3 is 0 Å². The zero-order valence-corrected chi connectivity index (χ0v) is 18.8. The molecule has 30 heavy (non-hydrogen) atoms. The maximum absolute atomic E-state index is 5.99. The zero-order valence-electron chi connectivity index (χ0n) is 18.8. The summed E-state index contributed by atoms with van der Waals surface area (Å²) in [6.07, 6.45) is 3.34. The van der Waals surface area contributed by atoms with Crippen LogP contribution in [0, 0.1) is 6.92 Å². The Bertz CT molecular complexity index is 637. The predicted octanol–water partition coefficient (Wildman–Crippen LogP) is 2.05. The van der Waals surface area contributed by atoms with Crippen LogP contribution < -0.4 is 5.32 Å². The van der Waals surface area contributed by atoms with Gasteiger partial charge in [0.2, 0.25) is 0 Å². The molecule has 0 spiro atoms. The summed E-state index contributed by atoms with van der Waals surface area (Å²) >= 11 is 0. The molecule has 3 rings (SSSR count). The van der Waals surface area contributed by atoms with E-state index in [-0.39, 0.29) is 6.04 Å². The molecule has 2 saturated heterocycles. The third-order valence-corrected chi connectivity index (χ3v) is 5.83. The Kier molecular flexibility index (Phi) is 9.45. The molecule has 1 aromatic rings. The van der Waals surface area contributed by atoms with Gasteiger partial charge in [0.1, 0.15) is 11.5 Å². The third-order valence-electron chi connectivity index (χ3n) is 5.83. The fourth-order valence-electron chi connectivity index (χ4n) is 4.14. The Hall–Kier alpha value is -1.61. The van der Waals surface area contributed by atoms with E-state index in [0.29, 0.717) is 6.10 Å². The van der Waals surface area contributed by atoms with Crippen LogP contribution >= 0.6 is 0 Å². The largest absolute Gasteiger partial charge is 0.465 e. The lowest BCUT2D eigenvalue weighted by Gasteiger charge is -2.36. The second-order valence-corrected chi connectivity index (χ2v) is 7.94. The van der Waals surface area contributed by atoms with Gasteiger partial charge < -0.3 is 28.8 Å². The molecule has 0 bridgehead atoms. The number of rotatable bonds is 9. The Morgan fingerprint density at radius 3 is 2.60 bits per heavy atom. The van der Waals surface area contributed by atoms with Crippen molar-refractivity contribution in [1.29, 1.82) is 0 Å². The Balaban J connectivity index is 1.50. The minimum atomic E-state index is 0.168. The fourth-order valence-corrected chi connectivity index (χ4v) is 4.14. The maximum atomic E-state index is 5.99. The molecule has 1 atom stereocenters. The maximum Gasteiger partial charge on any atom is 0.193 e. The van der Waals surface area contributed by atoms with Crippen LogP contribution in [0.5, 0.6) is 0 Å². The molecule has 8 nitrogen and oxygen atoms in total. The number of piperidine rings is 1. The van der Waals surface area contributed by atoms with E-state index in [1.54, 1.807) is 7.11 Å². The SMILES string of the molecule is CN=C(NCC(c1ccc(C)o1)N1CCOCC1)N1CCC(OCCCOC)CC1. The van der Waals surface area contributed by atoms with E-state index < -0.39 is 0 Å². The Morgan fingerprint density at radius 2 is 1.97 bits per heavy atom. The van der Waals surface area contributed by atoms with E-state index in [2.05, 4.69) is 26.2 Å². The summed E-state index contributed by atoms with van der Waals surface area (Å²) in [7, 11) is 3.59. The summed E-state index contributed by atoms with van der Waals surface area (Å²) in [6, 6.07) is 4.29. The van der Waals surface area contributed by atoms with Gasteiger partial charge in [0.25, 0.3) is 0 Å². The normalized spacial score (nSPS) is 20.5. The summed E-state index contributed by atoms with van der Waals surface area (Å²) in [4.78, 5) is 9.30. The van der Waals surface area contributed by atoms with Gasteiger partial charge in [0.15, 0.2) is 5.96 Å². The number of nitrogens with one attached hydrogen (secondary N) is 1. The minimum absolute atomic E-state index is 0.168. The monoisotopic (exact) mass is 422 g/mol. The Morgan fingerprint density at radius 1 is 1.20 bits per heavy atom. The highest BCUT2D eigenvalue weighted by Crippen LogP contribution is 2.23. The van der Waals surface area contributed by atoms with Crippen LogP contribution in [0.4, 0.5) is 0 Å². The summed E-state index contributed by atoms with van der Waals surface area (Å²) < 4.78 is 22.6. The molecule has 8 heteroatoms. The third kappa shape index (κ3) is 6.70. The lowest BCUT2D eigenvalue weighted by molar-refractivity contribution is 0.00856. The highest BCUT2D eigenvalue weighted by Gasteiger charge is 2.27. The molecule has 1 N–H and O–H groups in total. The molecule has 2 aliphatic rings. The van der Waals surface area contributed by atoms with Crippen LogP contribution in [0.3, 0.4) is 0 Å². The average molecular weight is 423 g/mol. The molecule has 0 aromatic carbocycles. The van der Waals surface area contributed by atoms with Crippen molar-refractivity contribution < 1.29 is 18.6 Å². The van der Waals surface area contributed by atoms with E-state index in [0.717, 1.165) is 95.9 Å². The van der Waals surface area contributed by atoms with Crippen LogP contribution in [-0.2, 0) is 14.2 Å². The van der Waals surface area contributed by atoms with Gasteiger partial charge in [0, 0.05) is 60.1 Å². The molecule has 0 aliphatic carbocycles. The number of hydrogen-bond acceptors (Lipinski definition) is 6. The first-order valence-corrected chi connectivity index (χ1v) is 11.2. The predicted molar refractivity (Wildman–Crippen MR) is 117 cm³/mol. The van der Waals surface area contributed by atoms with E-state index in [4.69, 9.17) is 18.6 Å². The molecule has 0 amide bonds. The number of methoxy groups -OCH3 is 1. The lowest BCUT2D eigenvalue weighted by atomic mass is 10.1. The van der Waals surface area contributed by atoms with Crippen LogP contribution in [0.1, 0.15) is 36.8 Å². The number of furan rings is 1. The summed E-state index contributed by atoms with van der Waals surface area (Å²) in [6.45, 7) is 9.55. The first-order valence-electron chi connectivity index (χ1n) is 11.2. The molecule has 1 aromatic heterocycles. The van der Waals surface area contributed by atoms with Crippen molar-refractivity contribution in [2.75, 3.05) is 73.3 Å². The van der Waals surface area contributed by atoms with Gasteiger partial charge in [-0.25, -0.2) is 0 Å². The van der Waals surface area contributed by atoms with Gasteiger partial charge in [-0.05, 0) is 38.3 Å². The van der Waals surface area contributed by atoms with Crippen molar-refractivity contribution in [2.24, 2.45) is 4.99 Å². The van der Waals surface area contributed by atoms with E-state index in [9.17, 15) is 0 Å². The number of morpholine rings is 1. The van der Waals surface area contributed by atoms with Crippen LogP contribution in [-0.4, -0.2) is 95.2 Å². The Labute approximate surface area is 180 Å². The molecule has 2 aliphatic heterocycles. The molecule has 1 unspecified atom stereocenters. The number of hydrogen-bond donors (Lipinski definition) is 1. The van der Waals surface area contributed by atoms with E-state index in [1.807, 2.05) is 20.0 Å². The quantitative estimate of drug-likeness (QED) is 0.371. The average Bonchev–Trinajstić information content (AvgIpc) is 3.21. The van der Waals surface area contributed by atoms with E-state index in [1.165, 1.54) is 0 Å². The zero-order chi connectivity index (χ0) is 21.2. The minimum Gasteiger partial charge on any atom is -0.465 e. The van der Waals surface area contributed by atoms with Crippen LogP contribution in [0.2, 0.25) is 0 Å². The molecule has 3 heterocycles. The molecule has 0 radical (unpaired) electrons. The fraction of sp³-hybridized carbons (Fsp3) is 0.773. The number of likely N-dealkylation sites (tertiary alicyclic amines) is 1. The summed E-state index contributed by atoms with van der Waals surface area (Å²) in [5.41, 5.74) is 0. The van der Waals surface area contributed by atoms with Crippen molar-refractivity contribution >= 4 is 5.96 Å². The molecular formula is C22H38N4O4. The van der Waals surface area contributed by atoms with Gasteiger partial charge in [-0.15, -0.1) is 0 Å². The lowest BCUT2D eigenvalue weighted by Crippen LogP contribution is -2.50. The van der Waals surface area contributed by atoms with Crippen molar-refractivity contribution in [3.8, 4) is 0 Å². The number of nitrogens with zero attached hydrogens (tertiary/aromatic N) is 3. The van der Waals surface area contributed by atoms with Gasteiger partial charge in [0.05, 0.1) is 25.4 Å². The van der Waals surface area contributed by atoms with Crippen LogP contribution in [0.15, 0.2) is 21.5 Å². The highest BCUT2D eigenvalue weighted by atomic mass is 16.5. The molecular weight excluding hydrogens is 384 g/mol. The van der Waals surface area contributed by atoms with Gasteiger partial charge in [-0.3, -0.25) is 9.89 Å². The topological polar surface area (TPSA) is 71.7 Å². The number of aryl methyl sites for hydroxylation is 1. The van der Waals surface area contributed by atoms with Gasteiger partial charge in [-0.2, -0.15) is 0 Å². The van der Waals surface area contributed by atoms with E-state index >= 15 is 0 Å². The smallest absolute Gasteiger partial charge is 0.193 e. The van der Waals surface area contributed by atoms with Crippen molar-refractivity contribution in [1.82, 2.24) is 15.1 Å². The molecule has 170 valence electrons. The summed E-state index contributed by atoms with van der Waals surface area (Å²) in [5, 5.41) is 3.60. The number of aliphatic imine (C=N–C) groups is 1. The highest BCUT2D eigenvalue weighted by molar-refractivity contribution is 5.80. The first kappa shape index (κ1) is 23.1.